The van der Waals surface area contributed by atoms with Gasteiger partial charge in [0.15, 0.2) is 0 Å². The molecule has 0 radical (unpaired) electrons. The summed E-state index contributed by atoms with van der Waals surface area (Å²) in [5.74, 6) is 0. The summed E-state index contributed by atoms with van der Waals surface area (Å²) in [6.07, 6.45) is 7.56. The first-order valence-electron chi connectivity index (χ1n) is 22.3. The molecule has 6 heterocycles. The van der Waals surface area contributed by atoms with Gasteiger partial charge in [0.05, 0.1) is 45.6 Å². The number of hydrogen-bond donors (Lipinski definition) is 0. The molecule has 0 aliphatic rings. The van der Waals surface area contributed by atoms with Gasteiger partial charge in [-0.15, -0.1) is 0 Å². The zero-order valence-electron chi connectivity index (χ0n) is 39.5. The molecule has 0 saturated heterocycles. The summed E-state index contributed by atoms with van der Waals surface area (Å²) in [5.41, 5.74) is 18.0. The van der Waals surface area contributed by atoms with Gasteiger partial charge in [0.2, 0.25) is 0 Å². The Morgan fingerprint density at radius 1 is 0.234 bits per heavy atom. The van der Waals surface area contributed by atoms with E-state index in [0.717, 1.165) is 78.9 Å². The van der Waals surface area contributed by atoms with Crippen molar-refractivity contribution < 1.29 is 0 Å². The second-order valence-corrected chi connectivity index (χ2v) is 21.1. The van der Waals surface area contributed by atoms with Gasteiger partial charge in [-0.2, -0.15) is 0 Å². The second-order valence-electron chi connectivity index (χ2n) is 21.1. The third kappa shape index (κ3) is 9.77. The van der Waals surface area contributed by atoms with Crippen molar-refractivity contribution >= 4 is 0 Å². The molecule has 0 unspecified atom stereocenters. The predicted molar refractivity (Wildman–Crippen MR) is 266 cm³/mol. The molecule has 0 amide bonds. The average molecular weight is 841 g/mol. The van der Waals surface area contributed by atoms with Crippen LogP contribution in [0.4, 0.5) is 0 Å². The highest BCUT2D eigenvalue weighted by molar-refractivity contribution is 5.79. The van der Waals surface area contributed by atoms with E-state index < -0.39 is 0 Å². The maximum atomic E-state index is 5.18. The van der Waals surface area contributed by atoms with Crippen LogP contribution in [0.5, 0.6) is 0 Å². The van der Waals surface area contributed by atoms with Crippen LogP contribution in [0.25, 0.3) is 78.9 Å². The van der Waals surface area contributed by atoms with Crippen LogP contribution in [0.15, 0.2) is 146 Å². The first kappa shape index (κ1) is 44.0. The lowest BCUT2D eigenvalue weighted by atomic mass is 9.87. The van der Waals surface area contributed by atoms with Crippen LogP contribution < -0.4 is 0 Å². The van der Waals surface area contributed by atoms with Gasteiger partial charge in [-0.25, -0.2) is 9.97 Å². The summed E-state index contributed by atoms with van der Waals surface area (Å²) in [6.45, 7) is 26.7. The van der Waals surface area contributed by atoms with E-state index in [0.29, 0.717) is 0 Å². The monoisotopic (exact) mass is 840 g/mol. The van der Waals surface area contributed by atoms with E-state index in [1.807, 2.05) is 24.8 Å². The van der Waals surface area contributed by atoms with Gasteiger partial charge in [-0.1, -0.05) is 132 Å². The highest BCUT2D eigenvalue weighted by Crippen LogP contribution is 2.36. The van der Waals surface area contributed by atoms with Crippen LogP contribution in [0, 0.1) is 0 Å². The quantitative estimate of drug-likeness (QED) is 0.159. The molecule has 0 N–H and O–H groups in total. The van der Waals surface area contributed by atoms with Crippen molar-refractivity contribution in [2.24, 2.45) is 0 Å². The van der Waals surface area contributed by atoms with E-state index >= 15 is 0 Å². The van der Waals surface area contributed by atoms with Gasteiger partial charge in [-0.05, 0) is 150 Å². The smallest absolute Gasteiger partial charge is 0.0900 e. The molecule has 0 fully saturated rings. The molecular formula is C58H60N6. The van der Waals surface area contributed by atoms with Gasteiger partial charge >= 0.3 is 0 Å². The van der Waals surface area contributed by atoms with Crippen LogP contribution in [-0.2, 0) is 21.7 Å². The maximum Gasteiger partial charge on any atom is 0.0900 e. The molecule has 8 rings (SSSR count). The van der Waals surface area contributed by atoms with Crippen LogP contribution in [0.1, 0.15) is 105 Å². The fraction of sp³-hybridized carbons (Fsp3) is 0.276. The Labute approximate surface area is 380 Å². The highest BCUT2D eigenvalue weighted by atomic mass is 14.8. The minimum absolute atomic E-state index is 0.0226. The number of hydrogen-bond acceptors (Lipinski definition) is 6. The minimum atomic E-state index is -0.0226. The Bertz CT molecular complexity index is 2600. The number of nitrogens with zero attached hydrogens (tertiary/aromatic N) is 6. The second kappa shape index (κ2) is 16.8. The molecular weight excluding hydrogens is 781 g/mol. The summed E-state index contributed by atoms with van der Waals surface area (Å²) >= 11 is 0. The minimum Gasteiger partial charge on any atom is -0.255 e. The molecule has 6 heteroatoms. The van der Waals surface area contributed by atoms with Crippen molar-refractivity contribution in [3.8, 4) is 78.9 Å². The van der Waals surface area contributed by atoms with Crippen LogP contribution in [0.3, 0.4) is 0 Å². The van der Waals surface area contributed by atoms with E-state index in [4.69, 9.17) is 29.9 Å². The van der Waals surface area contributed by atoms with E-state index in [1.165, 1.54) is 22.3 Å². The SMILES string of the molecule is CC(C)(C)c1ccnc(-c2cc(-c3ccc(-c4ccc(-c5cc(-c6cc(C(C)(C)C)ccn6)nc(-c6cc(C(C)(C)C)ccn6)c5)cc4)cc3)cc(-c3cc(C(C)(C)C)ccn3)n2)c1. The molecule has 8 aromatic rings. The molecule has 322 valence electrons. The van der Waals surface area contributed by atoms with Crippen LogP contribution in [0.2, 0.25) is 0 Å². The van der Waals surface area contributed by atoms with Crippen LogP contribution in [-0.4, -0.2) is 29.9 Å². The molecule has 0 aliphatic heterocycles. The predicted octanol–water partition coefficient (Wildman–Crippen LogP) is 14.9. The number of pyridine rings is 6. The van der Waals surface area contributed by atoms with Gasteiger partial charge < -0.3 is 0 Å². The highest BCUT2D eigenvalue weighted by Gasteiger charge is 2.21. The van der Waals surface area contributed by atoms with Crippen molar-refractivity contribution in [2.45, 2.75) is 105 Å². The number of benzene rings is 2. The third-order valence-corrected chi connectivity index (χ3v) is 12.0. The Morgan fingerprint density at radius 3 is 0.641 bits per heavy atom. The topological polar surface area (TPSA) is 77.3 Å². The van der Waals surface area contributed by atoms with Crippen LogP contribution >= 0.6 is 0 Å². The van der Waals surface area contributed by atoms with Gasteiger partial charge in [0.1, 0.15) is 0 Å². The molecule has 0 spiro atoms. The zero-order chi connectivity index (χ0) is 45.6. The summed E-state index contributed by atoms with van der Waals surface area (Å²) in [6, 6.07) is 43.2. The standard InChI is InChI=1S/C58H60N6/c1-55(2,3)43-21-25-59-47(33-43)51-29-41(30-52(63-51)48-34-44(22-26-60-48)56(4,5)6)39-17-13-37(14-18-39)38-15-19-40(20-16-38)42-31-53(49-35-45(23-27-61-49)57(7,8)9)64-54(32-42)50-36-46(24-28-62-50)58(10,11)12/h13-36H,1-12H3. The molecule has 6 aromatic heterocycles. The van der Waals surface area contributed by atoms with Gasteiger partial charge in [-0.3, -0.25) is 19.9 Å². The average Bonchev–Trinajstić information content (AvgIpc) is 3.28. The molecule has 0 saturated carbocycles. The Kier molecular flexibility index (Phi) is 11.5. The van der Waals surface area contributed by atoms with E-state index in [2.05, 4.69) is 204 Å². The van der Waals surface area contributed by atoms with Gasteiger partial charge in [0, 0.05) is 24.8 Å². The fourth-order valence-electron chi connectivity index (χ4n) is 7.78. The lowest BCUT2D eigenvalue weighted by molar-refractivity contribution is 0.589. The molecule has 6 nitrogen and oxygen atoms in total. The normalized spacial score (nSPS) is 12.4. The molecule has 0 atom stereocenters. The largest absolute Gasteiger partial charge is 0.255 e. The van der Waals surface area contributed by atoms with E-state index in [9.17, 15) is 0 Å². The maximum absolute atomic E-state index is 5.18. The van der Waals surface area contributed by atoms with Gasteiger partial charge in [0.25, 0.3) is 0 Å². The molecule has 64 heavy (non-hydrogen) atoms. The third-order valence-electron chi connectivity index (χ3n) is 12.0. The Balaban J connectivity index is 1.15. The van der Waals surface area contributed by atoms with Crippen molar-refractivity contribution in [1.82, 2.24) is 29.9 Å². The fourth-order valence-corrected chi connectivity index (χ4v) is 7.78. The zero-order valence-corrected chi connectivity index (χ0v) is 39.5. The summed E-state index contributed by atoms with van der Waals surface area (Å²) in [7, 11) is 0. The Hall–Kier alpha value is -6.66. The van der Waals surface area contributed by atoms with Crippen molar-refractivity contribution in [1.29, 1.82) is 0 Å². The first-order chi connectivity index (χ1) is 30.2. The summed E-state index contributed by atoms with van der Waals surface area (Å²) < 4.78 is 0. The van der Waals surface area contributed by atoms with Crippen molar-refractivity contribution in [3.63, 3.8) is 0 Å². The van der Waals surface area contributed by atoms with Crippen molar-refractivity contribution in [3.05, 3.63) is 168 Å². The molecule has 0 bridgehead atoms. The summed E-state index contributed by atoms with van der Waals surface area (Å²) in [4.78, 5) is 29.6. The molecule has 2 aromatic carbocycles. The summed E-state index contributed by atoms with van der Waals surface area (Å²) in [5, 5.41) is 0. The number of rotatable bonds is 7. The number of aromatic nitrogens is 6. The first-order valence-corrected chi connectivity index (χ1v) is 22.3. The van der Waals surface area contributed by atoms with Crippen molar-refractivity contribution in [2.75, 3.05) is 0 Å². The van der Waals surface area contributed by atoms with E-state index in [1.54, 1.807) is 0 Å². The van der Waals surface area contributed by atoms with E-state index in [-0.39, 0.29) is 21.7 Å². The molecule has 0 aliphatic carbocycles. The Morgan fingerprint density at radius 2 is 0.438 bits per heavy atom. The lowest BCUT2D eigenvalue weighted by Gasteiger charge is -2.20. The lowest BCUT2D eigenvalue weighted by Crippen LogP contribution is -2.11.